The molecule has 0 unspecified atom stereocenters. The van der Waals surface area contributed by atoms with Crippen molar-refractivity contribution in [2.75, 3.05) is 18.9 Å². The molecule has 1 amide bonds. The van der Waals surface area contributed by atoms with Crippen LogP contribution in [0.1, 0.15) is 28.5 Å². The summed E-state index contributed by atoms with van der Waals surface area (Å²) in [6.07, 6.45) is -4.65. The van der Waals surface area contributed by atoms with E-state index in [2.05, 4.69) is 9.71 Å². The van der Waals surface area contributed by atoms with Gasteiger partial charge >= 0.3 is 6.18 Å². The van der Waals surface area contributed by atoms with E-state index in [0.717, 1.165) is 18.3 Å². The molecule has 3 N–H and O–H groups in total. The lowest BCUT2D eigenvalue weighted by Crippen LogP contribution is -2.48. The highest BCUT2D eigenvalue weighted by molar-refractivity contribution is 7.89. The number of benzene rings is 1. The second-order valence-electron chi connectivity index (χ2n) is 7.48. The van der Waals surface area contributed by atoms with Gasteiger partial charge in [0.25, 0.3) is 5.91 Å². The van der Waals surface area contributed by atoms with Crippen molar-refractivity contribution < 1.29 is 31.1 Å². The summed E-state index contributed by atoms with van der Waals surface area (Å²) < 4.78 is 73.5. The van der Waals surface area contributed by atoms with Gasteiger partial charge in [-0.15, -0.1) is 0 Å². The third-order valence-corrected chi connectivity index (χ3v) is 7.85. The number of nitrogens with two attached hydrogens (primary N) is 1. The van der Waals surface area contributed by atoms with Crippen LogP contribution in [-0.4, -0.2) is 55.7 Å². The number of sulfonamides is 1. The Labute approximate surface area is 180 Å². The first kappa shape index (κ1) is 22.0. The number of carbonyl (C=O) groups excluding carboxylic acids is 1. The number of ether oxygens (including phenoxy) is 1. The fraction of sp³-hybridized carbons (Fsp3) is 0.444. The van der Waals surface area contributed by atoms with Crippen molar-refractivity contribution in [3.63, 3.8) is 0 Å². The number of aromatic nitrogens is 1. The van der Waals surface area contributed by atoms with Gasteiger partial charge in [0.15, 0.2) is 5.13 Å². The molecule has 0 bridgehead atoms. The van der Waals surface area contributed by atoms with Gasteiger partial charge in [-0.25, -0.2) is 18.1 Å². The molecule has 1 saturated heterocycles. The number of amides is 1. The van der Waals surface area contributed by atoms with Crippen LogP contribution in [0.3, 0.4) is 0 Å². The van der Waals surface area contributed by atoms with Gasteiger partial charge in [-0.1, -0.05) is 11.3 Å². The maximum absolute atomic E-state index is 13.3. The summed E-state index contributed by atoms with van der Waals surface area (Å²) in [6, 6.07) is 0.286. The Balaban J connectivity index is 1.86. The van der Waals surface area contributed by atoms with Gasteiger partial charge in [0.1, 0.15) is 6.04 Å². The van der Waals surface area contributed by atoms with E-state index in [0.29, 0.717) is 21.0 Å². The van der Waals surface area contributed by atoms with Crippen molar-refractivity contribution in [3.05, 3.63) is 29.0 Å². The van der Waals surface area contributed by atoms with Crippen LogP contribution >= 0.6 is 11.3 Å². The molecule has 3 heterocycles. The Morgan fingerprint density at radius 2 is 2.03 bits per heavy atom. The fourth-order valence-corrected chi connectivity index (χ4v) is 5.84. The number of nitrogen functional groups attached to an aromatic ring is 1. The molecular formula is C18H19F3N4O4S2. The summed E-state index contributed by atoms with van der Waals surface area (Å²) in [4.78, 5) is 17.9. The van der Waals surface area contributed by atoms with Crippen molar-refractivity contribution in [1.29, 1.82) is 0 Å². The highest BCUT2D eigenvalue weighted by Crippen LogP contribution is 2.40. The molecule has 2 aromatic rings. The molecule has 0 saturated carbocycles. The number of nitrogens with one attached hydrogen (secondary N) is 1. The number of alkyl halides is 3. The lowest BCUT2D eigenvalue weighted by Gasteiger charge is -2.27. The van der Waals surface area contributed by atoms with Crippen LogP contribution < -0.4 is 10.5 Å². The molecule has 1 atom stereocenters. The minimum atomic E-state index is -4.65. The molecule has 1 aromatic carbocycles. The van der Waals surface area contributed by atoms with Gasteiger partial charge in [0, 0.05) is 6.54 Å². The zero-order valence-electron chi connectivity index (χ0n) is 16.5. The Bertz CT molecular complexity index is 1160. The number of thiazole rings is 1. The van der Waals surface area contributed by atoms with E-state index in [4.69, 9.17) is 10.5 Å². The number of hydrogen-bond acceptors (Lipinski definition) is 7. The van der Waals surface area contributed by atoms with Crippen LogP contribution in [-0.2, 0) is 21.3 Å². The first-order chi connectivity index (χ1) is 14.4. The first-order valence-corrected chi connectivity index (χ1v) is 11.6. The first-order valence-electron chi connectivity index (χ1n) is 9.26. The van der Waals surface area contributed by atoms with Crippen LogP contribution in [0, 0.1) is 6.92 Å². The smallest absolute Gasteiger partial charge is 0.378 e. The van der Waals surface area contributed by atoms with E-state index in [9.17, 15) is 26.4 Å². The summed E-state index contributed by atoms with van der Waals surface area (Å²) in [5.74, 6) is -0.975. The number of aryl methyl sites for hydroxylation is 1. The highest BCUT2D eigenvalue weighted by atomic mass is 32.2. The van der Waals surface area contributed by atoms with Crippen molar-refractivity contribution in [2.45, 2.75) is 43.5 Å². The quantitative estimate of drug-likeness (QED) is 0.684. The minimum Gasteiger partial charge on any atom is -0.378 e. The summed E-state index contributed by atoms with van der Waals surface area (Å²) >= 11 is 1.13. The molecule has 2 aliphatic rings. The predicted octanol–water partition coefficient (Wildman–Crippen LogP) is 2.28. The Morgan fingerprint density at radius 1 is 1.35 bits per heavy atom. The number of nitrogens with zero attached hydrogens (tertiary/aromatic N) is 2. The zero-order valence-corrected chi connectivity index (χ0v) is 18.1. The van der Waals surface area contributed by atoms with Gasteiger partial charge in [0.05, 0.1) is 40.3 Å². The van der Waals surface area contributed by atoms with Crippen molar-refractivity contribution in [3.8, 4) is 10.4 Å². The third-order valence-electron chi connectivity index (χ3n) is 5.27. The molecule has 13 heteroatoms. The number of carbonyl (C=O) groups is 1. The highest BCUT2D eigenvalue weighted by Gasteiger charge is 2.46. The van der Waals surface area contributed by atoms with Crippen LogP contribution in [0.5, 0.6) is 0 Å². The third kappa shape index (κ3) is 3.90. The van der Waals surface area contributed by atoms with Crippen LogP contribution in [0.2, 0.25) is 0 Å². The van der Waals surface area contributed by atoms with Gasteiger partial charge < -0.3 is 15.4 Å². The van der Waals surface area contributed by atoms with E-state index >= 15 is 0 Å². The van der Waals surface area contributed by atoms with Crippen molar-refractivity contribution in [2.24, 2.45) is 0 Å². The van der Waals surface area contributed by atoms with Crippen molar-refractivity contribution in [1.82, 2.24) is 14.6 Å². The fourth-order valence-electron chi connectivity index (χ4n) is 3.54. The maximum atomic E-state index is 13.3. The number of halogens is 3. The zero-order chi connectivity index (χ0) is 22.7. The van der Waals surface area contributed by atoms with Crippen LogP contribution in [0.15, 0.2) is 17.0 Å². The van der Waals surface area contributed by atoms with E-state index in [1.807, 2.05) is 0 Å². The number of anilines is 1. The Hall–Kier alpha value is -2.22. The summed E-state index contributed by atoms with van der Waals surface area (Å²) in [7, 11) is -4.21. The van der Waals surface area contributed by atoms with E-state index in [1.165, 1.54) is 12.1 Å². The molecular weight excluding hydrogens is 457 g/mol. The Kier molecular flexibility index (Phi) is 5.27. The predicted molar refractivity (Wildman–Crippen MR) is 107 cm³/mol. The molecule has 0 aliphatic carbocycles. The summed E-state index contributed by atoms with van der Waals surface area (Å²) in [6.45, 7) is 2.56. The van der Waals surface area contributed by atoms with Crippen LogP contribution in [0.25, 0.3) is 10.4 Å². The minimum absolute atomic E-state index is 0.177. The largest absolute Gasteiger partial charge is 0.408 e. The van der Waals surface area contributed by atoms with Gasteiger partial charge in [-0.2, -0.15) is 13.2 Å². The molecule has 1 aromatic heterocycles. The van der Waals surface area contributed by atoms with E-state index in [1.54, 1.807) is 6.92 Å². The van der Waals surface area contributed by atoms with Crippen molar-refractivity contribution >= 4 is 32.4 Å². The molecule has 1 fully saturated rings. The summed E-state index contributed by atoms with van der Waals surface area (Å²) in [5.41, 5.74) is 6.68. The molecule has 4 rings (SSSR count). The molecule has 0 spiro atoms. The Morgan fingerprint density at radius 3 is 2.55 bits per heavy atom. The van der Waals surface area contributed by atoms with Gasteiger partial charge in [0.2, 0.25) is 10.0 Å². The maximum Gasteiger partial charge on any atom is 0.408 e. The SMILES string of the molecule is Cc1nc(N)sc1-c1cc2c(c(S(=O)(=O)NC3COC3)c1)C(=O)N([C@@H](C)C(F)(F)F)C2. The van der Waals surface area contributed by atoms with Gasteiger partial charge in [-0.05, 0) is 37.1 Å². The van der Waals surface area contributed by atoms with Crippen LogP contribution in [0.4, 0.5) is 18.3 Å². The molecule has 2 aliphatic heterocycles. The molecule has 168 valence electrons. The molecule has 0 radical (unpaired) electrons. The number of hydrogen-bond donors (Lipinski definition) is 2. The lowest BCUT2D eigenvalue weighted by molar-refractivity contribution is -0.172. The van der Waals surface area contributed by atoms with Gasteiger partial charge in [-0.3, -0.25) is 4.79 Å². The lowest BCUT2D eigenvalue weighted by atomic mass is 10.0. The van der Waals surface area contributed by atoms with E-state index < -0.39 is 34.2 Å². The van der Waals surface area contributed by atoms with E-state index in [-0.39, 0.29) is 40.9 Å². The second kappa shape index (κ2) is 7.43. The number of fused-ring (bicyclic) bond motifs is 1. The monoisotopic (exact) mass is 476 g/mol. The molecule has 8 nitrogen and oxygen atoms in total. The average Bonchev–Trinajstić information content (AvgIpc) is 3.15. The normalized spacial score (nSPS) is 18.2. The number of rotatable bonds is 5. The topological polar surface area (TPSA) is 115 Å². The molecule has 31 heavy (non-hydrogen) atoms. The second-order valence-corrected chi connectivity index (χ2v) is 10.2. The summed E-state index contributed by atoms with van der Waals surface area (Å²) in [5, 5.41) is 0.269. The average molecular weight is 477 g/mol. The standard InChI is InChI=1S/C18H19F3N4O4S2/c1-8-15(30-17(22)23-8)10-3-11-5-25(9(2)18(19,20)21)16(26)14(11)13(4-10)31(27,28)24-12-6-29-7-12/h3-4,9,12,24H,5-7H2,1-2H3,(H2,22,23)/t9-/m0/s1.